The summed E-state index contributed by atoms with van der Waals surface area (Å²) < 4.78 is 0. The van der Waals surface area contributed by atoms with Crippen LogP contribution in [0.15, 0.2) is 48.0 Å². The molecule has 88 valence electrons. The first-order chi connectivity index (χ1) is 8.27. The second kappa shape index (κ2) is 5.30. The monoisotopic (exact) mass is 228 g/mol. The molecular formula is C13H16N4. The first-order valence-electron chi connectivity index (χ1n) is 5.64. The fourth-order valence-corrected chi connectivity index (χ4v) is 1.56. The minimum atomic E-state index is 0.370. The first-order valence-corrected chi connectivity index (χ1v) is 5.64. The normalized spacial score (nSPS) is 14.2. The summed E-state index contributed by atoms with van der Waals surface area (Å²) in [5, 5.41) is 3.38. The summed E-state index contributed by atoms with van der Waals surface area (Å²) in [5.74, 6) is 0.874. The molecule has 0 aromatic carbocycles. The zero-order valence-electron chi connectivity index (χ0n) is 10.0. The molecule has 1 N–H and O–H groups in total. The standard InChI is InChI=1S/C13H16N4/c1-11(2)16-12-5-3-7-15-13(12)17-9-4-6-14-8-10-17/h3-11,16H,1-2H3. The van der Waals surface area contributed by atoms with Crippen LogP contribution >= 0.6 is 0 Å². The molecule has 0 fully saturated rings. The molecule has 0 atom stereocenters. The maximum absolute atomic E-state index is 4.40. The molecule has 4 heteroatoms. The fraction of sp³-hybridized carbons (Fsp3) is 0.231. The van der Waals surface area contributed by atoms with Crippen molar-refractivity contribution < 1.29 is 0 Å². The molecule has 0 bridgehead atoms. The molecule has 4 nitrogen and oxygen atoms in total. The van der Waals surface area contributed by atoms with E-state index in [9.17, 15) is 0 Å². The predicted octanol–water partition coefficient (Wildman–Crippen LogP) is 2.78. The number of hydrogen-bond donors (Lipinski definition) is 1. The topological polar surface area (TPSA) is 40.5 Å². The lowest BCUT2D eigenvalue weighted by Gasteiger charge is -2.19. The average molecular weight is 228 g/mol. The van der Waals surface area contributed by atoms with Gasteiger partial charge in [0, 0.05) is 37.1 Å². The Bertz CT molecular complexity index is 444. The number of nitrogens with zero attached hydrogens (tertiary/aromatic N) is 3. The molecular weight excluding hydrogens is 212 g/mol. The van der Waals surface area contributed by atoms with Crippen LogP contribution in [0.5, 0.6) is 0 Å². The van der Waals surface area contributed by atoms with E-state index in [-0.39, 0.29) is 0 Å². The van der Waals surface area contributed by atoms with E-state index in [4.69, 9.17) is 0 Å². The Hall–Kier alpha value is -2.10. The van der Waals surface area contributed by atoms with Gasteiger partial charge in [0.05, 0.1) is 5.69 Å². The summed E-state index contributed by atoms with van der Waals surface area (Å²) in [6, 6.07) is 4.32. The van der Waals surface area contributed by atoms with Crippen molar-refractivity contribution in [3.8, 4) is 0 Å². The number of aliphatic imine (C=N–C) groups is 1. The van der Waals surface area contributed by atoms with Crippen LogP contribution in [-0.2, 0) is 0 Å². The molecule has 0 aliphatic carbocycles. The summed E-state index contributed by atoms with van der Waals surface area (Å²) in [6.45, 7) is 4.21. The van der Waals surface area contributed by atoms with Crippen molar-refractivity contribution in [2.45, 2.75) is 19.9 Å². The smallest absolute Gasteiger partial charge is 0.160 e. The molecule has 0 saturated carbocycles. The second-order valence-corrected chi connectivity index (χ2v) is 4.02. The van der Waals surface area contributed by atoms with Crippen molar-refractivity contribution in [1.82, 2.24) is 4.98 Å². The number of anilines is 2. The van der Waals surface area contributed by atoms with E-state index in [1.807, 2.05) is 35.5 Å². The Kier molecular flexibility index (Phi) is 3.55. The second-order valence-electron chi connectivity index (χ2n) is 4.02. The average Bonchev–Trinajstić information content (AvgIpc) is 2.57. The maximum Gasteiger partial charge on any atom is 0.160 e. The molecule has 2 rings (SSSR count). The van der Waals surface area contributed by atoms with E-state index in [0.29, 0.717) is 6.04 Å². The van der Waals surface area contributed by atoms with Gasteiger partial charge < -0.3 is 10.2 Å². The zero-order chi connectivity index (χ0) is 12.1. The maximum atomic E-state index is 4.40. The van der Waals surface area contributed by atoms with Crippen LogP contribution in [0.3, 0.4) is 0 Å². The van der Waals surface area contributed by atoms with Crippen LogP contribution in [0.25, 0.3) is 0 Å². The molecule has 0 unspecified atom stereocenters. The molecule has 1 aromatic heterocycles. The Morgan fingerprint density at radius 1 is 1.29 bits per heavy atom. The quantitative estimate of drug-likeness (QED) is 0.864. The van der Waals surface area contributed by atoms with Gasteiger partial charge in [0.2, 0.25) is 0 Å². The van der Waals surface area contributed by atoms with Crippen LogP contribution in [-0.4, -0.2) is 17.2 Å². The van der Waals surface area contributed by atoms with Crippen LogP contribution in [0.2, 0.25) is 0 Å². The lowest BCUT2D eigenvalue weighted by Crippen LogP contribution is -2.15. The third-order valence-electron chi connectivity index (χ3n) is 2.21. The van der Waals surface area contributed by atoms with Crippen molar-refractivity contribution in [2.75, 3.05) is 10.2 Å². The van der Waals surface area contributed by atoms with Gasteiger partial charge in [-0.3, -0.25) is 4.99 Å². The summed E-state index contributed by atoms with van der Waals surface area (Å²) in [5.41, 5.74) is 1.01. The van der Waals surface area contributed by atoms with Gasteiger partial charge in [0.15, 0.2) is 5.82 Å². The van der Waals surface area contributed by atoms with Crippen molar-refractivity contribution >= 4 is 17.7 Å². The van der Waals surface area contributed by atoms with E-state index in [1.165, 1.54) is 0 Å². The number of aromatic nitrogens is 1. The Morgan fingerprint density at radius 2 is 2.18 bits per heavy atom. The lowest BCUT2D eigenvalue weighted by molar-refractivity contribution is 0.896. The lowest BCUT2D eigenvalue weighted by atomic mass is 10.3. The van der Waals surface area contributed by atoms with E-state index in [0.717, 1.165) is 11.5 Å². The van der Waals surface area contributed by atoms with Crippen molar-refractivity contribution in [2.24, 2.45) is 4.99 Å². The van der Waals surface area contributed by atoms with Crippen LogP contribution < -0.4 is 10.2 Å². The van der Waals surface area contributed by atoms with Crippen molar-refractivity contribution in [3.05, 3.63) is 43.0 Å². The van der Waals surface area contributed by atoms with Crippen molar-refractivity contribution in [1.29, 1.82) is 0 Å². The first kappa shape index (κ1) is 11.4. The molecule has 1 aromatic rings. The third-order valence-corrected chi connectivity index (χ3v) is 2.21. The zero-order valence-corrected chi connectivity index (χ0v) is 10.0. The van der Waals surface area contributed by atoms with Gasteiger partial charge >= 0.3 is 0 Å². The Morgan fingerprint density at radius 3 is 3.00 bits per heavy atom. The van der Waals surface area contributed by atoms with E-state index in [2.05, 4.69) is 29.1 Å². The van der Waals surface area contributed by atoms with Gasteiger partial charge in [-0.05, 0) is 32.1 Å². The van der Waals surface area contributed by atoms with Crippen molar-refractivity contribution in [3.63, 3.8) is 0 Å². The van der Waals surface area contributed by atoms with Gasteiger partial charge in [-0.25, -0.2) is 4.98 Å². The van der Waals surface area contributed by atoms with E-state index < -0.39 is 0 Å². The molecule has 2 heterocycles. The predicted molar refractivity (Wildman–Crippen MR) is 72.2 cm³/mol. The molecule has 1 aliphatic rings. The summed E-state index contributed by atoms with van der Waals surface area (Å²) >= 11 is 0. The molecule has 17 heavy (non-hydrogen) atoms. The van der Waals surface area contributed by atoms with E-state index in [1.54, 1.807) is 18.6 Å². The van der Waals surface area contributed by atoms with Gasteiger partial charge in [0.1, 0.15) is 0 Å². The van der Waals surface area contributed by atoms with Gasteiger partial charge in [-0.2, -0.15) is 0 Å². The highest BCUT2D eigenvalue weighted by molar-refractivity contribution is 5.76. The van der Waals surface area contributed by atoms with Gasteiger partial charge in [0.25, 0.3) is 0 Å². The molecule has 0 amide bonds. The summed E-state index contributed by atoms with van der Waals surface area (Å²) in [7, 11) is 0. The highest BCUT2D eigenvalue weighted by Gasteiger charge is 2.09. The summed E-state index contributed by atoms with van der Waals surface area (Å²) in [6.07, 6.45) is 11.0. The number of pyridine rings is 1. The molecule has 0 saturated heterocycles. The summed E-state index contributed by atoms with van der Waals surface area (Å²) in [4.78, 5) is 10.4. The third kappa shape index (κ3) is 2.93. The Balaban J connectivity index is 2.31. The van der Waals surface area contributed by atoms with Crippen LogP contribution in [0, 0.1) is 0 Å². The highest BCUT2D eigenvalue weighted by Crippen LogP contribution is 2.24. The molecule has 1 aliphatic heterocycles. The fourth-order valence-electron chi connectivity index (χ4n) is 1.56. The molecule has 0 spiro atoms. The van der Waals surface area contributed by atoms with E-state index >= 15 is 0 Å². The Labute approximate surface area is 101 Å². The minimum absolute atomic E-state index is 0.370. The number of nitrogens with one attached hydrogen (secondary N) is 1. The van der Waals surface area contributed by atoms with Crippen LogP contribution in [0.1, 0.15) is 13.8 Å². The number of rotatable bonds is 3. The van der Waals surface area contributed by atoms with Gasteiger partial charge in [-0.1, -0.05) is 0 Å². The molecule has 0 radical (unpaired) electrons. The largest absolute Gasteiger partial charge is 0.380 e. The SMILES string of the molecule is CC(C)Nc1cccnc1N1C=CC=NC=C1. The highest BCUT2D eigenvalue weighted by atomic mass is 15.2. The minimum Gasteiger partial charge on any atom is -0.380 e. The number of allylic oxidation sites excluding steroid dienone is 1. The van der Waals surface area contributed by atoms with Crippen LogP contribution in [0.4, 0.5) is 11.5 Å². The number of hydrogen-bond acceptors (Lipinski definition) is 4. The van der Waals surface area contributed by atoms with Gasteiger partial charge in [-0.15, -0.1) is 0 Å².